The molecule has 0 atom stereocenters. The van der Waals surface area contributed by atoms with Crippen molar-refractivity contribution < 1.29 is 0 Å². The first-order valence-corrected chi connectivity index (χ1v) is 7.67. The van der Waals surface area contributed by atoms with Gasteiger partial charge in [-0.25, -0.2) is 0 Å². The number of aryl methyl sites for hydroxylation is 3. The summed E-state index contributed by atoms with van der Waals surface area (Å²) in [6, 6.07) is 6.88. The number of nitrogens with two attached hydrogens (primary N) is 1. The van der Waals surface area contributed by atoms with E-state index in [4.69, 9.17) is 5.73 Å². The molecule has 3 heteroatoms. The van der Waals surface area contributed by atoms with Crippen LogP contribution in [0.3, 0.4) is 0 Å². The lowest BCUT2D eigenvalue weighted by Gasteiger charge is -2.08. The van der Waals surface area contributed by atoms with Crippen LogP contribution in [0.5, 0.6) is 0 Å². The van der Waals surface area contributed by atoms with Crippen LogP contribution < -0.4 is 5.73 Å². The summed E-state index contributed by atoms with van der Waals surface area (Å²) >= 11 is 0. The van der Waals surface area contributed by atoms with Gasteiger partial charge in [-0.1, -0.05) is 32.0 Å². The van der Waals surface area contributed by atoms with Gasteiger partial charge in [0, 0.05) is 0 Å². The van der Waals surface area contributed by atoms with E-state index in [1.807, 2.05) is 0 Å². The van der Waals surface area contributed by atoms with Crippen LogP contribution >= 0.6 is 0 Å². The molecule has 3 nitrogen and oxygen atoms in total. The fourth-order valence-electron chi connectivity index (χ4n) is 3.23. The number of anilines is 1. The SMILES string of the molecule is CCc1nn(Cc2ccc3c(c2)CCC3)c(CC)c1N. The standard InChI is InChI=1S/C17H23N3/c1-3-15-17(18)16(4-2)20(19-15)11-12-8-9-13-6-5-7-14(13)10-12/h8-10H,3-7,11,18H2,1-2H3. The second kappa shape index (κ2) is 5.31. The van der Waals surface area contributed by atoms with Gasteiger partial charge in [-0.05, 0) is 48.8 Å². The van der Waals surface area contributed by atoms with E-state index in [9.17, 15) is 0 Å². The van der Waals surface area contributed by atoms with Gasteiger partial charge < -0.3 is 5.73 Å². The van der Waals surface area contributed by atoms with Gasteiger partial charge in [0.25, 0.3) is 0 Å². The Morgan fingerprint density at radius 3 is 2.70 bits per heavy atom. The van der Waals surface area contributed by atoms with Crippen LogP contribution in [0.15, 0.2) is 18.2 Å². The Morgan fingerprint density at radius 2 is 1.95 bits per heavy atom. The Balaban J connectivity index is 1.91. The maximum Gasteiger partial charge on any atom is 0.0854 e. The van der Waals surface area contributed by atoms with Crippen LogP contribution in [-0.4, -0.2) is 9.78 Å². The van der Waals surface area contributed by atoms with E-state index < -0.39 is 0 Å². The van der Waals surface area contributed by atoms with Crippen molar-refractivity contribution in [2.24, 2.45) is 0 Å². The van der Waals surface area contributed by atoms with Crippen LogP contribution in [0.2, 0.25) is 0 Å². The van der Waals surface area contributed by atoms with Crippen molar-refractivity contribution in [3.8, 4) is 0 Å². The molecule has 0 saturated carbocycles. The van der Waals surface area contributed by atoms with Crippen molar-refractivity contribution in [3.63, 3.8) is 0 Å². The van der Waals surface area contributed by atoms with Crippen LogP contribution in [0.25, 0.3) is 0 Å². The molecule has 0 saturated heterocycles. The quantitative estimate of drug-likeness (QED) is 0.926. The molecular formula is C17H23N3. The first-order chi connectivity index (χ1) is 9.72. The second-order valence-corrected chi connectivity index (χ2v) is 5.63. The van der Waals surface area contributed by atoms with Crippen LogP contribution in [0.4, 0.5) is 5.69 Å². The second-order valence-electron chi connectivity index (χ2n) is 5.63. The predicted molar refractivity (Wildman–Crippen MR) is 83.0 cm³/mol. The van der Waals surface area contributed by atoms with Gasteiger partial charge in [0.15, 0.2) is 0 Å². The van der Waals surface area contributed by atoms with Gasteiger partial charge in [-0.3, -0.25) is 4.68 Å². The third-order valence-electron chi connectivity index (χ3n) is 4.34. The van der Waals surface area contributed by atoms with Gasteiger partial charge in [-0.15, -0.1) is 0 Å². The smallest absolute Gasteiger partial charge is 0.0854 e. The van der Waals surface area contributed by atoms with E-state index in [0.29, 0.717) is 0 Å². The first kappa shape index (κ1) is 13.2. The van der Waals surface area contributed by atoms with E-state index in [0.717, 1.165) is 30.8 Å². The molecule has 0 unspecified atom stereocenters. The molecule has 3 rings (SSSR count). The molecule has 20 heavy (non-hydrogen) atoms. The lowest BCUT2D eigenvalue weighted by molar-refractivity contribution is 0.640. The monoisotopic (exact) mass is 269 g/mol. The summed E-state index contributed by atoms with van der Waals surface area (Å²) in [5.41, 5.74) is 13.7. The molecule has 0 radical (unpaired) electrons. The predicted octanol–water partition coefficient (Wildman–Crippen LogP) is 3.13. The number of nitrogen functional groups attached to an aromatic ring is 1. The van der Waals surface area contributed by atoms with Crippen molar-refractivity contribution in [3.05, 3.63) is 46.3 Å². The normalized spacial score (nSPS) is 13.7. The fraction of sp³-hybridized carbons (Fsp3) is 0.471. The fourth-order valence-corrected chi connectivity index (χ4v) is 3.23. The van der Waals surface area contributed by atoms with E-state index >= 15 is 0 Å². The Hall–Kier alpha value is -1.77. The van der Waals surface area contributed by atoms with E-state index in [1.54, 1.807) is 0 Å². The molecule has 1 aromatic heterocycles. The van der Waals surface area contributed by atoms with Gasteiger partial charge in [0.05, 0.1) is 23.6 Å². The number of aromatic nitrogens is 2. The maximum atomic E-state index is 6.19. The molecule has 0 fully saturated rings. The first-order valence-electron chi connectivity index (χ1n) is 7.67. The number of hydrogen-bond donors (Lipinski definition) is 1. The van der Waals surface area contributed by atoms with Gasteiger partial charge in [0.2, 0.25) is 0 Å². The lowest BCUT2D eigenvalue weighted by Crippen LogP contribution is -2.07. The summed E-state index contributed by atoms with van der Waals surface area (Å²) in [4.78, 5) is 0. The van der Waals surface area contributed by atoms with E-state index in [-0.39, 0.29) is 0 Å². The summed E-state index contributed by atoms with van der Waals surface area (Å²) in [5, 5.41) is 4.68. The summed E-state index contributed by atoms with van der Waals surface area (Å²) in [6.07, 6.45) is 5.60. The van der Waals surface area contributed by atoms with Gasteiger partial charge in [0.1, 0.15) is 0 Å². The third-order valence-corrected chi connectivity index (χ3v) is 4.34. The van der Waals surface area contributed by atoms with Crippen molar-refractivity contribution in [2.45, 2.75) is 52.5 Å². The van der Waals surface area contributed by atoms with Crippen molar-refractivity contribution in [1.29, 1.82) is 0 Å². The molecule has 2 aromatic rings. The molecular weight excluding hydrogens is 246 g/mol. The zero-order chi connectivity index (χ0) is 14.1. The van der Waals surface area contributed by atoms with Gasteiger partial charge >= 0.3 is 0 Å². The zero-order valence-corrected chi connectivity index (χ0v) is 12.4. The average molecular weight is 269 g/mol. The number of rotatable bonds is 4. The topological polar surface area (TPSA) is 43.8 Å². The molecule has 0 spiro atoms. The molecule has 1 heterocycles. The molecule has 1 aromatic carbocycles. The highest BCUT2D eigenvalue weighted by atomic mass is 15.3. The Labute approximate surface area is 120 Å². The Kier molecular flexibility index (Phi) is 3.51. The van der Waals surface area contributed by atoms with E-state index in [2.05, 4.69) is 41.8 Å². The van der Waals surface area contributed by atoms with Crippen LogP contribution in [0, 0.1) is 0 Å². The minimum atomic E-state index is 0.834. The molecule has 2 N–H and O–H groups in total. The van der Waals surface area contributed by atoms with Gasteiger partial charge in [-0.2, -0.15) is 5.10 Å². The van der Waals surface area contributed by atoms with Crippen LogP contribution in [0.1, 0.15) is 48.3 Å². The molecule has 0 aliphatic heterocycles. The minimum absolute atomic E-state index is 0.834. The summed E-state index contributed by atoms with van der Waals surface area (Å²) in [6.45, 7) is 5.09. The average Bonchev–Trinajstić information content (AvgIpc) is 3.03. The highest BCUT2D eigenvalue weighted by Gasteiger charge is 2.14. The lowest BCUT2D eigenvalue weighted by atomic mass is 10.1. The maximum absolute atomic E-state index is 6.19. The minimum Gasteiger partial charge on any atom is -0.396 e. The summed E-state index contributed by atoms with van der Waals surface area (Å²) in [7, 11) is 0. The van der Waals surface area contributed by atoms with Crippen molar-refractivity contribution in [1.82, 2.24) is 9.78 Å². The number of fused-ring (bicyclic) bond motifs is 1. The number of hydrogen-bond acceptors (Lipinski definition) is 2. The summed E-state index contributed by atoms with van der Waals surface area (Å²) < 4.78 is 2.09. The molecule has 1 aliphatic carbocycles. The number of benzene rings is 1. The van der Waals surface area contributed by atoms with E-state index in [1.165, 1.54) is 41.6 Å². The summed E-state index contributed by atoms with van der Waals surface area (Å²) in [5.74, 6) is 0. The van der Waals surface area contributed by atoms with Crippen LogP contribution in [-0.2, 0) is 32.2 Å². The molecule has 106 valence electrons. The largest absolute Gasteiger partial charge is 0.396 e. The molecule has 1 aliphatic rings. The molecule has 0 bridgehead atoms. The highest BCUT2D eigenvalue weighted by Crippen LogP contribution is 2.24. The number of nitrogens with zero attached hydrogens (tertiary/aromatic N) is 2. The zero-order valence-electron chi connectivity index (χ0n) is 12.4. The Bertz CT molecular complexity index is 625. The Morgan fingerprint density at radius 1 is 1.15 bits per heavy atom. The third kappa shape index (κ3) is 2.21. The van der Waals surface area contributed by atoms with Crippen molar-refractivity contribution >= 4 is 5.69 Å². The highest BCUT2D eigenvalue weighted by molar-refractivity contribution is 5.48. The molecule has 0 amide bonds. The van der Waals surface area contributed by atoms with Crippen molar-refractivity contribution in [2.75, 3.05) is 5.73 Å².